The van der Waals surface area contributed by atoms with Crippen molar-refractivity contribution in [2.24, 2.45) is 0 Å². The summed E-state index contributed by atoms with van der Waals surface area (Å²) in [6.07, 6.45) is 1.92. The van der Waals surface area contributed by atoms with E-state index in [0.29, 0.717) is 0 Å². The number of rotatable bonds is 4. The maximum Gasteiger partial charge on any atom is 0.146 e. The number of ether oxygens (including phenoxy) is 1. The van der Waals surface area contributed by atoms with E-state index in [1.165, 1.54) is 0 Å². The molecule has 1 saturated heterocycles. The van der Waals surface area contributed by atoms with E-state index in [9.17, 15) is 4.79 Å². The van der Waals surface area contributed by atoms with E-state index in [0.717, 1.165) is 31.7 Å². The summed E-state index contributed by atoms with van der Waals surface area (Å²) in [6, 6.07) is 10.00. The third kappa shape index (κ3) is 5.16. The average molecular weight is 291 g/mol. The van der Waals surface area contributed by atoms with Crippen LogP contribution >= 0.6 is 0 Å². The fourth-order valence-electron chi connectivity index (χ4n) is 2.52. The molecule has 0 spiro atoms. The summed E-state index contributed by atoms with van der Waals surface area (Å²) in [5, 5.41) is 0. The first kappa shape index (κ1) is 17.7. The predicted octanol–water partition coefficient (Wildman–Crippen LogP) is 3.92. The lowest BCUT2D eigenvalue weighted by atomic mass is 9.92. The molecule has 1 unspecified atom stereocenters. The highest BCUT2D eigenvalue weighted by Crippen LogP contribution is 2.29. The number of Topliss-reactive ketones (excluding diaryl/α,β-unsaturated/α-hetero) is 1. The van der Waals surface area contributed by atoms with Gasteiger partial charge in [-0.25, -0.2) is 0 Å². The molecule has 1 aliphatic heterocycles. The molecule has 118 valence electrons. The van der Waals surface area contributed by atoms with Crippen LogP contribution in [0.4, 0.5) is 0 Å². The van der Waals surface area contributed by atoms with Gasteiger partial charge in [-0.3, -0.25) is 9.69 Å². The molecule has 1 aliphatic rings. The number of ketones is 1. The highest BCUT2D eigenvalue weighted by atomic mass is 16.5. The zero-order chi connectivity index (χ0) is 15.9. The number of benzene rings is 1. The summed E-state index contributed by atoms with van der Waals surface area (Å²) in [4.78, 5) is 13.7. The van der Waals surface area contributed by atoms with Gasteiger partial charge in [-0.15, -0.1) is 0 Å². The molecule has 1 aromatic carbocycles. The number of likely N-dealkylation sites (tertiary alicyclic amines) is 1. The summed E-state index contributed by atoms with van der Waals surface area (Å²) in [7, 11) is 0. The number of carbonyl (C=O) groups excluding carboxylic acids is 1. The predicted molar refractivity (Wildman–Crippen MR) is 87.8 cm³/mol. The van der Waals surface area contributed by atoms with Crippen LogP contribution in [0.25, 0.3) is 0 Å². The lowest BCUT2D eigenvalue weighted by Crippen LogP contribution is -2.50. The number of para-hydroxylation sites is 1. The first-order chi connectivity index (χ1) is 10.0. The molecular weight excluding hydrogens is 262 g/mol. The molecule has 1 fully saturated rings. The quantitative estimate of drug-likeness (QED) is 0.842. The summed E-state index contributed by atoms with van der Waals surface area (Å²) < 4.78 is 6.12. The van der Waals surface area contributed by atoms with Crippen LogP contribution in [0.15, 0.2) is 30.3 Å². The Bertz CT molecular complexity index is 422. The van der Waals surface area contributed by atoms with Crippen LogP contribution in [-0.2, 0) is 4.79 Å². The third-order valence-electron chi connectivity index (χ3n) is 4.10. The van der Waals surface area contributed by atoms with Gasteiger partial charge in [0.1, 0.15) is 17.1 Å². The monoisotopic (exact) mass is 291 g/mol. The normalized spacial score (nSPS) is 19.1. The Hall–Kier alpha value is -1.35. The zero-order valence-electron chi connectivity index (χ0n) is 14.1. The highest BCUT2D eigenvalue weighted by Gasteiger charge is 2.34. The minimum Gasteiger partial charge on any atom is -0.487 e. The lowest BCUT2D eigenvalue weighted by molar-refractivity contribution is -0.123. The number of carbonyl (C=O) groups is 1. The molecule has 1 heterocycles. The maximum atomic E-state index is 11.4. The van der Waals surface area contributed by atoms with Crippen LogP contribution in [0.2, 0.25) is 0 Å². The Balaban J connectivity index is 0.00000106. The molecule has 1 aromatic rings. The van der Waals surface area contributed by atoms with Gasteiger partial charge in [-0.2, -0.15) is 0 Å². The van der Waals surface area contributed by atoms with Gasteiger partial charge in [-0.05, 0) is 45.7 Å². The fraction of sp³-hybridized carbons (Fsp3) is 0.611. The smallest absolute Gasteiger partial charge is 0.146 e. The van der Waals surface area contributed by atoms with Gasteiger partial charge in [0.05, 0.1) is 6.04 Å². The first-order valence-corrected chi connectivity index (χ1v) is 7.99. The number of hydrogen-bond acceptors (Lipinski definition) is 3. The van der Waals surface area contributed by atoms with Crippen LogP contribution in [0.1, 0.15) is 47.5 Å². The Kier molecular flexibility index (Phi) is 6.90. The Morgan fingerprint density at radius 3 is 2.19 bits per heavy atom. The zero-order valence-corrected chi connectivity index (χ0v) is 14.1. The van der Waals surface area contributed by atoms with Gasteiger partial charge in [-0.1, -0.05) is 32.0 Å². The van der Waals surface area contributed by atoms with Crippen LogP contribution < -0.4 is 4.74 Å². The number of nitrogens with zero attached hydrogens (tertiary/aromatic N) is 1. The van der Waals surface area contributed by atoms with Crippen LogP contribution in [0.3, 0.4) is 0 Å². The molecule has 0 radical (unpaired) electrons. The van der Waals surface area contributed by atoms with Crippen molar-refractivity contribution >= 4 is 5.78 Å². The molecule has 21 heavy (non-hydrogen) atoms. The molecular formula is C18H29NO2. The van der Waals surface area contributed by atoms with Gasteiger partial charge >= 0.3 is 0 Å². The highest BCUT2D eigenvalue weighted by molar-refractivity contribution is 5.80. The third-order valence-corrected chi connectivity index (χ3v) is 4.10. The number of piperidine rings is 1. The van der Waals surface area contributed by atoms with Crippen molar-refractivity contribution in [3.05, 3.63) is 30.3 Å². The molecule has 0 saturated carbocycles. The number of hydrogen-bond donors (Lipinski definition) is 0. The molecule has 1 atom stereocenters. The fourth-order valence-corrected chi connectivity index (χ4v) is 2.52. The van der Waals surface area contributed by atoms with Gasteiger partial charge < -0.3 is 4.74 Å². The first-order valence-electron chi connectivity index (χ1n) is 7.99. The van der Waals surface area contributed by atoms with Crippen LogP contribution in [0.5, 0.6) is 5.75 Å². The van der Waals surface area contributed by atoms with Crippen LogP contribution in [0, 0.1) is 0 Å². The minimum absolute atomic E-state index is 0.0290. The van der Waals surface area contributed by atoms with E-state index in [1.807, 2.05) is 51.1 Å². The summed E-state index contributed by atoms with van der Waals surface area (Å²) in [5.41, 5.74) is -0.117. The molecule has 0 N–H and O–H groups in total. The van der Waals surface area contributed by atoms with E-state index in [-0.39, 0.29) is 17.4 Å². The van der Waals surface area contributed by atoms with Crippen molar-refractivity contribution in [2.45, 2.75) is 59.1 Å². The van der Waals surface area contributed by atoms with Gasteiger partial charge in [0.25, 0.3) is 0 Å². The van der Waals surface area contributed by atoms with Crippen molar-refractivity contribution in [3.8, 4) is 5.75 Å². The molecule has 0 aliphatic carbocycles. The summed E-state index contributed by atoms with van der Waals surface area (Å²) in [6.45, 7) is 11.7. The van der Waals surface area contributed by atoms with Crippen molar-refractivity contribution in [1.82, 2.24) is 4.90 Å². The second-order valence-electron chi connectivity index (χ2n) is 5.69. The SMILES string of the molecule is CC.CC(=O)C(C)N1CCC(C)(Oc2ccccc2)CC1. The minimum atomic E-state index is -0.117. The molecule has 3 heteroatoms. The molecule has 0 amide bonds. The summed E-state index contributed by atoms with van der Waals surface area (Å²) in [5.74, 6) is 1.17. The van der Waals surface area contributed by atoms with Crippen LogP contribution in [-0.4, -0.2) is 35.4 Å². The standard InChI is InChI=1S/C16H23NO2.C2H6/c1-13(14(2)18)17-11-9-16(3,10-12-17)19-15-7-5-4-6-8-15;1-2/h4-8,13H,9-12H2,1-3H3;1-2H3. The Morgan fingerprint density at radius 1 is 1.19 bits per heavy atom. The van der Waals surface area contributed by atoms with Crippen molar-refractivity contribution < 1.29 is 9.53 Å². The van der Waals surface area contributed by atoms with Gasteiger partial charge in [0, 0.05) is 13.1 Å². The topological polar surface area (TPSA) is 29.5 Å². The van der Waals surface area contributed by atoms with Crippen molar-refractivity contribution in [3.63, 3.8) is 0 Å². The van der Waals surface area contributed by atoms with E-state index >= 15 is 0 Å². The van der Waals surface area contributed by atoms with Gasteiger partial charge in [0.15, 0.2) is 0 Å². The van der Waals surface area contributed by atoms with Crippen molar-refractivity contribution in [2.75, 3.05) is 13.1 Å². The average Bonchev–Trinajstić information content (AvgIpc) is 2.50. The van der Waals surface area contributed by atoms with Crippen molar-refractivity contribution in [1.29, 1.82) is 0 Å². The van der Waals surface area contributed by atoms with E-state index in [1.54, 1.807) is 6.92 Å². The van der Waals surface area contributed by atoms with E-state index in [2.05, 4.69) is 11.8 Å². The molecule has 0 bridgehead atoms. The maximum absolute atomic E-state index is 11.4. The molecule has 2 rings (SSSR count). The van der Waals surface area contributed by atoms with E-state index < -0.39 is 0 Å². The largest absolute Gasteiger partial charge is 0.487 e. The second-order valence-corrected chi connectivity index (χ2v) is 5.69. The summed E-state index contributed by atoms with van der Waals surface area (Å²) >= 11 is 0. The lowest BCUT2D eigenvalue weighted by Gasteiger charge is -2.41. The molecule has 3 nitrogen and oxygen atoms in total. The second kappa shape index (κ2) is 8.18. The van der Waals surface area contributed by atoms with Gasteiger partial charge in [0.2, 0.25) is 0 Å². The Labute approximate surface area is 129 Å². The van der Waals surface area contributed by atoms with E-state index in [4.69, 9.17) is 4.74 Å². The molecule has 0 aromatic heterocycles. The Morgan fingerprint density at radius 2 is 1.71 bits per heavy atom.